The molecule has 0 radical (unpaired) electrons. The third-order valence-corrected chi connectivity index (χ3v) is 4.36. The van der Waals surface area contributed by atoms with Crippen LogP contribution in [0.2, 0.25) is 0 Å². The molecule has 31 heavy (non-hydrogen) atoms. The zero-order valence-electron chi connectivity index (χ0n) is 16.3. The SMILES string of the molecule is Nc1nc2ncc(CNc3ccc(C(=O)NC(CCCO)C(=O)O)cc3)nc2c(=O)[nH]1. The summed E-state index contributed by atoms with van der Waals surface area (Å²) in [6.07, 6.45) is 1.88. The average molecular weight is 427 g/mol. The third kappa shape index (κ3) is 5.51. The monoisotopic (exact) mass is 427 g/mol. The molecule has 3 aromatic rings. The number of rotatable bonds is 9. The Morgan fingerprint density at radius 1 is 1.19 bits per heavy atom. The number of H-pyrrole nitrogens is 1. The van der Waals surface area contributed by atoms with Crippen LogP contribution < -0.4 is 21.9 Å². The Bertz CT molecular complexity index is 1150. The number of anilines is 2. The van der Waals surface area contributed by atoms with Gasteiger partial charge >= 0.3 is 5.97 Å². The molecule has 0 fully saturated rings. The van der Waals surface area contributed by atoms with Crippen LogP contribution in [0.3, 0.4) is 0 Å². The standard InChI is InChI=1S/C19H21N7O5/c20-19-25-15-14(17(29)26-19)23-12(9-22-15)8-21-11-5-3-10(4-6-11)16(28)24-13(18(30)31)2-1-7-27/h3-6,9,13,21,27H,1-2,7-8H2,(H,24,28)(H,30,31)(H3,20,22,25,26,29). The van der Waals surface area contributed by atoms with Crippen molar-refractivity contribution in [3.63, 3.8) is 0 Å². The fourth-order valence-electron chi connectivity index (χ4n) is 2.78. The van der Waals surface area contributed by atoms with Gasteiger partial charge in [-0.25, -0.2) is 14.8 Å². The molecule has 0 spiro atoms. The van der Waals surface area contributed by atoms with E-state index in [4.69, 9.17) is 15.9 Å². The summed E-state index contributed by atoms with van der Waals surface area (Å²) in [6, 6.07) is 5.33. The summed E-state index contributed by atoms with van der Waals surface area (Å²) in [5.74, 6) is -1.72. The lowest BCUT2D eigenvalue weighted by Crippen LogP contribution is -2.40. The number of fused-ring (bicyclic) bond motifs is 1. The Kier molecular flexibility index (Phi) is 6.72. The van der Waals surface area contributed by atoms with Crippen LogP contribution in [0.15, 0.2) is 35.3 Å². The quantitative estimate of drug-likeness (QED) is 0.267. The van der Waals surface area contributed by atoms with E-state index < -0.39 is 23.5 Å². The number of amides is 1. The van der Waals surface area contributed by atoms with Gasteiger partial charge in [0.2, 0.25) is 5.95 Å². The highest BCUT2D eigenvalue weighted by molar-refractivity contribution is 5.96. The minimum atomic E-state index is -1.16. The van der Waals surface area contributed by atoms with Crippen LogP contribution in [-0.4, -0.2) is 54.7 Å². The van der Waals surface area contributed by atoms with Crippen LogP contribution >= 0.6 is 0 Å². The number of aromatic amines is 1. The van der Waals surface area contributed by atoms with Crippen molar-refractivity contribution in [3.05, 3.63) is 52.1 Å². The molecule has 162 valence electrons. The molecule has 2 heterocycles. The van der Waals surface area contributed by atoms with E-state index in [-0.39, 0.29) is 43.1 Å². The Balaban J connectivity index is 1.63. The first-order chi connectivity index (χ1) is 14.9. The molecule has 12 nitrogen and oxygen atoms in total. The van der Waals surface area contributed by atoms with Gasteiger partial charge in [0, 0.05) is 17.9 Å². The zero-order valence-corrected chi connectivity index (χ0v) is 16.3. The van der Waals surface area contributed by atoms with Crippen LogP contribution in [0.4, 0.5) is 11.6 Å². The van der Waals surface area contributed by atoms with Crippen molar-refractivity contribution in [2.45, 2.75) is 25.4 Å². The van der Waals surface area contributed by atoms with Crippen molar-refractivity contribution in [2.24, 2.45) is 0 Å². The van der Waals surface area contributed by atoms with E-state index in [1.165, 1.54) is 6.20 Å². The largest absolute Gasteiger partial charge is 0.480 e. The predicted molar refractivity (Wildman–Crippen MR) is 111 cm³/mol. The number of carbonyl (C=O) groups is 2. The summed E-state index contributed by atoms with van der Waals surface area (Å²) in [5.41, 5.74) is 6.70. The summed E-state index contributed by atoms with van der Waals surface area (Å²) >= 11 is 0. The molecule has 0 aliphatic rings. The Hall–Kier alpha value is -4.06. The van der Waals surface area contributed by atoms with Crippen molar-refractivity contribution in [1.29, 1.82) is 0 Å². The summed E-state index contributed by atoms with van der Waals surface area (Å²) in [7, 11) is 0. The number of nitrogens with one attached hydrogen (secondary N) is 3. The van der Waals surface area contributed by atoms with Crippen molar-refractivity contribution in [3.8, 4) is 0 Å². The molecular formula is C19H21N7O5. The second kappa shape index (κ2) is 9.63. The number of carboxylic acid groups (broad SMARTS) is 1. The number of benzene rings is 1. The number of nitrogen functional groups attached to an aromatic ring is 1. The fraction of sp³-hybridized carbons (Fsp3) is 0.263. The third-order valence-electron chi connectivity index (χ3n) is 4.36. The molecule has 0 saturated heterocycles. The van der Waals surface area contributed by atoms with Crippen molar-refractivity contribution in [2.75, 3.05) is 17.7 Å². The van der Waals surface area contributed by atoms with Crippen LogP contribution in [0.25, 0.3) is 11.2 Å². The lowest BCUT2D eigenvalue weighted by molar-refractivity contribution is -0.139. The van der Waals surface area contributed by atoms with Gasteiger partial charge in [-0.1, -0.05) is 0 Å². The summed E-state index contributed by atoms with van der Waals surface area (Å²) < 4.78 is 0. The van der Waals surface area contributed by atoms with Crippen LogP contribution in [0, 0.1) is 0 Å². The van der Waals surface area contributed by atoms with Gasteiger partial charge in [-0.3, -0.25) is 14.6 Å². The molecule has 3 rings (SSSR count). The molecular weight excluding hydrogens is 406 g/mol. The molecule has 0 aliphatic carbocycles. The smallest absolute Gasteiger partial charge is 0.326 e. The number of carbonyl (C=O) groups excluding carboxylic acids is 1. The Labute approximate surface area is 175 Å². The average Bonchev–Trinajstić information content (AvgIpc) is 2.75. The molecule has 1 aromatic carbocycles. The highest BCUT2D eigenvalue weighted by atomic mass is 16.4. The van der Waals surface area contributed by atoms with E-state index >= 15 is 0 Å². The Morgan fingerprint density at radius 2 is 1.94 bits per heavy atom. The van der Waals surface area contributed by atoms with E-state index in [0.717, 1.165) is 0 Å². The second-order valence-corrected chi connectivity index (χ2v) is 6.65. The van der Waals surface area contributed by atoms with Crippen molar-refractivity contribution < 1.29 is 19.8 Å². The number of aromatic nitrogens is 4. The maximum atomic E-state index is 12.3. The van der Waals surface area contributed by atoms with Crippen LogP contribution in [-0.2, 0) is 11.3 Å². The van der Waals surface area contributed by atoms with Gasteiger partial charge < -0.3 is 26.6 Å². The van der Waals surface area contributed by atoms with E-state index in [1.807, 2.05) is 0 Å². The van der Waals surface area contributed by atoms with Gasteiger partial charge in [-0.2, -0.15) is 4.98 Å². The highest BCUT2D eigenvalue weighted by Crippen LogP contribution is 2.12. The molecule has 2 aromatic heterocycles. The maximum Gasteiger partial charge on any atom is 0.326 e. The van der Waals surface area contributed by atoms with Crippen LogP contribution in [0.1, 0.15) is 28.9 Å². The topological polar surface area (TPSA) is 196 Å². The molecule has 0 bridgehead atoms. The van der Waals surface area contributed by atoms with Gasteiger partial charge in [-0.15, -0.1) is 0 Å². The zero-order chi connectivity index (χ0) is 22.4. The minimum Gasteiger partial charge on any atom is -0.480 e. The number of nitrogens with two attached hydrogens (primary N) is 1. The van der Waals surface area contributed by atoms with Gasteiger partial charge in [0.1, 0.15) is 6.04 Å². The van der Waals surface area contributed by atoms with Crippen LogP contribution in [0.5, 0.6) is 0 Å². The number of aliphatic carboxylic acids is 1. The first kappa shape index (κ1) is 21.6. The number of nitrogens with zero attached hydrogens (tertiary/aromatic N) is 3. The van der Waals surface area contributed by atoms with E-state index in [0.29, 0.717) is 16.9 Å². The van der Waals surface area contributed by atoms with Crippen molar-refractivity contribution >= 4 is 34.7 Å². The second-order valence-electron chi connectivity index (χ2n) is 6.65. The van der Waals surface area contributed by atoms with E-state index in [1.54, 1.807) is 24.3 Å². The van der Waals surface area contributed by atoms with Gasteiger partial charge in [0.25, 0.3) is 11.5 Å². The molecule has 0 aliphatic heterocycles. The maximum absolute atomic E-state index is 12.3. The number of hydrogen-bond acceptors (Lipinski definition) is 9. The molecule has 1 amide bonds. The number of carboxylic acids is 1. The summed E-state index contributed by atoms with van der Waals surface area (Å²) in [6.45, 7) is 0.112. The predicted octanol–water partition coefficient (Wildman–Crippen LogP) is -0.137. The number of aliphatic hydroxyl groups excluding tert-OH is 1. The Morgan fingerprint density at radius 3 is 2.61 bits per heavy atom. The van der Waals surface area contributed by atoms with Crippen molar-refractivity contribution in [1.82, 2.24) is 25.3 Å². The highest BCUT2D eigenvalue weighted by Gasteiger charge is 2.20. The lowest BCUT2D eigenvalue weighted by atomic mass is 10.1. The van der Waals surface area contributed by atoms with Gasteiger partial charge in [-0.05, 0) is 37.1 Å². The van der Waals surface area contributed by atoms with E-state index in [9.17, 15) is 14.4 Å². The molecule has 0 saturated carbocycles. The van der Waals surface area contributed by atoms with Gasteiger partial charge in [0.15, 0.2) is 11.2 Å². The van der Waals surface area contributed by atoms with E-state index in [2.05, 4.69) is 30.6 Å². The molecule has 12 heteroatoms. The minimum absolute atomic E-state index is 0.0372. The fourth-order valence-corrected chi connectivity index (χ4v) is 2.78. The lowest BCUT2D eigenvalue weighted by Gasteiger charge is -2.14. The first-order valence-electron chi connectivity index (χ1n) is 9.37. The number of aliphatic hydroxyl groups is 1. The number of hydrogen-bond donors (Lipinski definition) is 6. The van der Waals surface area contributed by atoms with Gasteiger partial charge in [0.05, 0.1) is 18.4 Å². The molecule has 1 atom stereocenters. The normalized spacial score (nSPS) is 11.8. The first-order valence-corrected chi connectivity index (χ1v) is 9.37. The summed E-state index contributed by atoms with van der Waals surface area (Å²) in [5, 5.41) is 23.5. The molecule has 7 N–H and O–H groups in total. The summed E-state index contributed by atoms with van der Waals surface area (Å²) in [4.78, 5) is 50.0. The molecule has 1 unspecified atom stereocenters.